The van der Waals surface area contributed by atoms with Crippen LogP contribution in [-0.2, 0) is 9.53 Å². The topological polar surface area (TPSA) is 112 Å². The lowest BCUT2D eigenvalue weighted by atomic mass is 10.1. The van der Waals surface area contributed by atoms with Crippen LogP contribution in [0.3, 0.4) is 0 Å². The normalized spacial score (nSPS) is 16.3. The molecular weight excluding hydrogens is 452 g/mol. The van der Waals surface area contributed by atoms with Crippen molar-refractivity contribution in [2.24, 2.45) is 0 Å². The number of hydrogen-bond acceptors (Lipinski definition) is 9. The van der Waals surface area contributed by atoms with Crippen LogP contribution in [0.4, 0.5) is 16.6 Å². The number of thiazole rings is 1. The van der Waals surface area contributed by atoms with Crippen molar-refractivity contribution < 1.29 is 9.53 Å². The fourth-order valence-electron chi connectivity index (χ4n) is 4.19. The number of carbonyl (C=O) groups is 1. The first-order valence-electron chi connectivity index (χ1n) is 11.1. The Kier molecular flexibility index (Phi) is 6.12. The molecule has 1 fully saturated rings. The number of aromatic nitrogens is 5. The summed E-state index contributed by atoms with van der Waals surface area (Å²) in [5, 5.41) is 11.1. The fraction of sp³-hybridized carbons (Fsp3) is 0.348. The molecule has 1 aliphatic heterocycles. The molecule has 11 heteroatoms. The van der Waals surface area contributed by atoms with Crippen molar-refractivity contribution in [3.05, 3.63) is 42.4 Å². The summed E-state index contributed by atoms with van der Waals surface area (Å²) < 4.78 is 5.01. The van der Waals surface area contributed by atoms with E-state index in [1.54, 1.807) is 19.5 Å². The van der Waals surface area contributed by atoms with Crippen molar-refractivity contribution in [2.45, 2.75) is 19.9 Å². The van der Waals surface area contributed by atoms with Gasteiger partial charge in [-0.25, -0.2) is 15.0 Å². The highest BCUT2D eigenvalue weighted by Gasteiger charge is 2.27. The van der Waals surface area contributed by atoms with Crippen LogP contribution in [0, 0.1) is 6.92 Å². The molecule has 0 aromatic carbocycles. The maximum atomic E-state index is 12.2. The molecule has 0 unspecified atom stereocenters. The predicted octanol–water partition coefficient (Wildman–Crippen LogP) is 3.21. The summed E-state index contributed by atoms with van der Waals surface area (Å²) in [7, 11) is 1.55. The largest absolute Gasteiger partial charge is 0.375 e. The highest BCUT2D eigenvalue weighted by molar-refractivity contribution is 7.21. The van der Waals surface area contributed by atoms with Crippen molar-refractivity contribution in [1.82, 2.24) is 30.0 Å². The summed E-state index contributed by atoms with van der Waals surface area (Å²) in [5.74, 6) is 0.746. The van der Waals surface area contributed by atoms with Crippen LogP contribution in [0.2, 0.25) is 0 Å². The third kappa shape index (κ3) is 4.44. The van der Waals surface area contributed by atoms with Gasteiger partial charge in [-0.15, -0.1) is 0 Å². The molecule has 5 heterocycles. The number of fused-ring (bicyclic) bond motifs is 1. The molecule has 10 nitrogen and oxygen atoms in total. The van der Waals surface area contributed by atoms with Gasteiger partial charge in [-0.2, -0.15) is 5.10 Å². The number of H-pyrrole nitrogens is 1. The number of hydrogen-bond donors (Lipinski definition) is 2. The number of ether oxygens (including phenoxy) is 1. The molecule has 0 spiro atoms. The summed E-state index contributed by atoms with van der Waals surface area (Å²) in [4.78, 5) is 31.1. The van der Waals surface area contributed by atoms with Gasteiger partial charge in [-0.1, -0.05) is 11.3 Å². The van der Waals surface area contributed by atoms with Gasteiger partial charge in [0.05, 0.1) is 11.9 Å². The molecule has 2 N–H and O–H groups in total. The molecule has 0 saturated carbocycles. The number of pyridine rings is 2. The van der Waals surface area contributed by atoms with Crippen LogP contribution in [0.5, 0.6) is 0 Å². The number of rotatable bonds is 6. The number of nitrogens with zero attached hydrogens (tertiary/aromatic N) is 6. The molecule has 1 atom stereocenters. The van der Waals surface area contributed by atoms with Gasteiger partial charge in [0.25, 0.3) is 0 Å². The van der Waals surface area contributed by atoms with Gasteiger partial charge >= 0.3 is 0 Å². The number of carbonyl (C=O) groups excluding carboxylic acids is 1. The molecule has 34 heavy (non-hydrogen) atoms. The summed E-state index contributed by atoms with van der Waals surface area (Å²) in [6.45, 7) is 6.33. The minimum atomic E-state index is 0.0299. The molecule has 1 aliphatic rings. The summed E-state index contributed by atoms with van der Waals surface area (Å²) in [5.41, 5.74) is 4.72. The van der Waals surface area contributed by atoms with Gasteiger partial charge in [0.1, 0.15) is 22.8 Å². The zero-order chi connectivity index (χ0) is 23.7. The number of piperazine rings is 1. The van der Waals surface area contributed by atoms with E-state index < -0.39 is 0 Å². The highest BCUT2D eigenvalue weighted by Crippen LogP contribution is 2.30. The molecule has 0 bridgehead atoms. The number of methoxy groups -OCH3 is 1. The first kappa shape index (κ1) is 22.2. The summed E-state index contributed by atoms with van der Waals surface area (Å²) >= 11 is 1.49. The van der Waals surface area contributed by atoms with Gasteiger partial charge in [-0.3, -0.25) is 9.89 Å². The van der Waals surface area contributed by atoms with E-state index in [-0.39, 0.29) is 18.6 Å². The SMILES string of the molecule is COCC(=O)N1CCN(c2ccnc(Nc3nc4ccc(-c5cn[nH]c5C)nc4s3)c2)C[C@H]1C. The Labute approximate surface area is 201 Å². The van der Waals surface area contributed by atoms with Gasteiger partial charge in [0.2, 0.25) is 5.91 Å². The van der Waals surface area contributed by atoms with E-state index in [0.717, 1.165) is 51.2 Å². The number of anilines is 3. The average molecular weight is 479 g/mol. The van der Waals surface area contributed by atoms with Crippen LogP contribution in [-0.4, -0.2) is 75.3 Å². The highest BCUT2D eigenvalue weighted by atomic mass is 32.1. The first-order valence-corrected chi connectivity index (χ1v) is 11.9. The molecule has 176 valence electrons. The van der Waals surface area contributed by atoms with Crippen molar-refractivity contribution in [1.29, 1.82) is 0 Å². The predicted molar refractivity (Wildman–Crippen MR) is 133 cm³/mol. The van der Waals surface area contributed by atoms with Gasteiger partial charge in [0.15, 0.2) is 5.13 Å². The van der Waals surface area contributed by atoms with Crippen LogP contribution in [0.1, 0.15) is 12.6 Å². The van der Waals surface area contributed by atoms with E-state index in [2.05, 4.69) is 37.3 Å². The maximum Gasteiger partial charge on any atom is 0.248 e. The summed E-state index contributed by atoms with van der Waals surface area (Å²) in [6, 6.07) is 8.04. The van der Waals surface area contributed by atoms with E-state index in [0.29, 0.717) is 12.4 Å². The number of amides is 1. The second kappa shape index (κ2) is 9.35. The van der Waals surface area contributed by atoms with E-state index in [1.165, 1.54) is 11.3 Å². The van der Waals surface area contributed by atoms with Crippen LogP contribution >= 0.6 is 11.3 Å². The smallest absolute Gasteiger partial charge is 0.248 e. The van der Waals surface area contributed by atoms with Crippen LogP contribution in [0.25, 0.3) is 21.6 Å². The number of nitrogens with one attached hydrogen (secondary N) is 2. The zero-order valence-corrected chi connectivity index (χ0v) is 20.1. The van der Waals surface area contributed by atoms with E-state index in [9.17, 15) is 4.79 Å². The Hall–Kier alpha value is -3.57. The standard InChI is InChI=1S/C23H26N8O2S/c1-14-12-30(8-9-31(14)21(32)13-33-3)16-6-7-24-20(10-16)28-23-27-19-5-4-18(26-22(19)34-23)17-11-25-29-15(17)2/h4-7,10-11,14H,8-9,12-13H2,1-3H3,(H,25,29)(H,24,27,28)/t14-/m1/s1. The maximum absolute atomic E-state index is 12.2. The zero-order valence-electron chi connectivity index (χ0n) is 19.3. The molecule has 5 rings (SSSR count). The van der Waals surface area contributed by atoms with Gasteiger partial charge in [-0.05, 0) is 32.0 Å². The second-order valence-electron chi connectivity index (χ2n) is 8.29. The van der Waals surface area contributed by atoms with Crippen LogP contribution < -0.4 is 10.2 Å². The minimum absolute atomic E-state index is 0.0299. The Morgan fingerprint density at radius 3 is 2.94 bits per heavy atom. The minimum Gasteiger partial charge on any atom is -0.375 e. The monoisotopic (exact) mass is 478 g/mol. The molecule has 1 saturated heterocycles. The lowest BCUT2D eigenvalue weighted by Crippen LogP contribution is -2.54. The molecule has 4 aromatic rings. The molecule has 0 radical (unpaired) electrons. The lowest BCUT2D eigenvalue weighted by Gasteiger charge is -2.41. The second-order valence-corrected chi connectivity index (χ2v) is 9.27. The van der Waals surface area contributed by atoms with Crippen molar-refractivity contribution in [3.8, 4) is 11.3 Å². The number of aromatic amines is 1. The Balaban J connectivity index is 1.30. The van der Waals surface area contributed by atoms with Gasteiger partial charge in [0, 0.05) is 62.0 Å². The van der Waals surface area contributed by atoms with Crippen molar-refractivity contribution in [3.63, 3.8) is 0 Å². The Morgan fingerprint density at radius 1 is 1.29 bits per heavy atom. The third-order valence-electron chi connectivity index (χ3n) is 5.92. The first-order chi connectivity index (χ1) is 16.5. The van der Waals surface area contributed by atoms with Crippen LogP contribution in [0.15, 0.2) is 36.7 Å². The molecular formula is C23H26N8O2S. The molecule has 1 amide bonds. The fourth-order valence-corrected chi connectivity index (χ4v) is 5.04. The molecule has 4 aromatic heterocycles. The van der Waals surface area contributed by atoms with E-state index in [1.807, 2.05) is 36.1 Å². The average Bonchev–Trinajstić information content (AvgIpc) is 3.44. The Bertz CT molecular complexity index is 1320. The Morgan fingerprint density at radius 2 is 2.18 bits per heavy atom. The van der Waals surface area contributed by atoms with Gasteiger partial charge < -0.3 is 19.9 Å². The van der Waals surface area contributed by atoms with E-state index >= 15 is 0 Å². The third-order valence-corrected chi connectivity index (χ3v) is 6.80. The lowest BCUT2D eigenvalue weighted by molar-refractivity contribution is -0.137. The quantitative estimate of drug-likeness (QED) is 0.434. The van der Waals surface area contributed by atoms with Crippen molar-refractivity contribution >= 4 is 44.2 Å². The summed E-state index contributed by atoms with van der Waals surface area (Å²) in [6.07, 6.45) is 3.57. The van der Waals surface area contributed by atoms with E-state index in [4.69, 9.17) is 9.72 Å². The van der Waals surface area contributed by atoms with Crippen molar-refractivity contribution in [2.75, 3.05) is 43.6 Å². The molecule has 0 aliphatic carbocycles. The number of aryl methyl sites for hydroxylation is 1.